The van der Waals surface area contributed by atoms with Crippen molar-refractivity contribution in [3.8, 4) is 5.75 Å². The summed E-state index contributed by atoms with van der Waals surface area (Å²) in [4.78, 5) is 4.68. The maximum Gasteiger partial charge on any atom is 0.191 e. The molecule has 0 unspecified atom stereocenters. The van der Waals surface area contributed by atoms with Gasteiger partial charge in [-0.1, -0.05) is 24.3 Å². The van der Waals surface area contributed by atoms with Crippen molar-refractivity contribution in [2.24, 2.45) is 4.99 Å². The zero-order valence-corrected chi connectivity index (χ0v) is 13.9. The fraction of sp³-hybridized carbons (Fsp3) is 0.500. The first-order valence-corrected chi connectivity index (χ1v) is 8.06. The molecule has 1 aliphatic carbocycles. The maximum absolute atomic E-state index is 5.37. The van der Waals surface area contributed by atoms with Crippen LogP contribution in [0.25, 0.3) is 0 Å². The number of nitrogens with one attached hydrogen (secondary N) is 2. The molecule has 22 heavy (non-hydrogen) atoms. The van der Waals surface area contributed by atoms with Crippen LogP contribution >= 0.6 is 0 Å². The standard InChI is InChI=1S/C18H27N3O/c1-4-19-18(21-16-7-5-6-8-16)20-12-11-15-10-9-14(2)17(13-15)22-3/h5-6,9-10,13,16H,4,7-8,11-12H2,1-3H3,(H2,19,20,21). The molecule has 0 saturated heterocycles. The molecule has 0 radical (unpaired) electrons. The Morgan fingerprint density at radius 2 is 2.09 bits per heavy atom. The first-order valence-electron chi connectivity index (χ1n) is 8.06. The minimum atomic E-state index is 0.484. The predicted octanol–water partition coefficient (Wildman–Crippen LogP) is 2.82. The summed E-state index contributed by atoms with van der Waals surface area (Å²) < 4.78 is 5.37. The third kappa shape index (κ3) is 4.79. The molecule has 0 fully saturated rings. The van der Waals surface area contributed by atoms with Crippen molar-refractivity contribution in [2.75, 3.05) is 20.2 Å². The Bertz CT molecular complexity index is 529. The van der Waals surface area contributed by atoms with Crippen molar-refractivity contribution in [1.82, 2.24) is 10.6 Å². The van der Waals surface area contributed by atoms with E-state index in [9.17, 15) is 0 Å². The highest BCUT2D eigenvalue weighted by Crippen LogP contribution is 2.19. The Kier molecular flexibility index (Phi) is 6.31. The van der Waals surface area contributed by atoms with Gasteiger partial charge in [0, 0.05) is 19.1 Å². The van der Waals surface area contributed by atoms with Gasteiger partial charge in [0.05, 0.1) is 7.11 Å². The minimum Gasteiger partial charge on any atom is -0.496 e. The number of aryl methyl sites for hydroxylation is 1. The number of methoxy groups -OCH3 is 1. The lowest BCUT2D eigenvalue weighted by molar-refractivity contribution is 0.411. The van der Waals surface area contributed by atoms with Gasteiger partial charge in [-0.3, -0.25) is 4.99 Å². The van der Waals surface area contributed by atoms with Crippen molar-refractivity contribution in [3.63, 3.8) is 0 Å². The van der Waals surface area contributed by atoms with Gasteiger partial charge >= 0.3 is 0 Å². The normalized spacial score (nSPS) is 15.1. The summed E-state index contributed by atoms with van der Waals surface area (Å²) in [6, 6.07) is 6.84. The molecule has 1 aromatic rings. The number of rotatable bonds is 6. The number of ether oxygens (including phenoxy) is 1. The molecular formula is C18H27N3O. The van der Waals surface area contributed by atoms with E-state index < -0.39 is 0 Å². The van der Waals surface area contributed by atoms with Crippen LogP contribution in [-0.4, -0.2) is 32.2 Å². The van der Waals surface area contributed by atoms with Gasteiger partial charge in [-0.05, 0) is 50.3 Å². The quantitative estimate of drug-likeness (QED) is 0.482. The summed E-state index contributed by atoms with van der Waals surface area (Å²) in [6.07, 6.45) is 7.52. The third-order valence-corrected chi connectivity index (χ3v) is 3.84. The van der Waals surface area contributed by atoms with E-state index in [1.54, 1.807) is 7.11 Å². The van der Waals surface area contributed by atoms with Crippen LogP contribution in [0.15, 0.2) is 35.3 Å². The molecule has 1 aliphatic rings. The molecule has 4 nitrogen and oxygen atoms in total. The Balaban J connectivity index is 1.89. The monoisotopic (exact) mass is 301 g/mol. The number of benzene rings is 1. The van der Waals surface area contributed by atoms with E-state index in [1.807, 2.05) is 0 Å². The molecule has 0 saturated carbocycles. The molecule has 2 rings (SSSR count). The van der Waals surface area contributed by atoms with Gasteiger partial charge in [-0.2, -0.15) is 0 Å². The number of hydrogen-bond donors (Lipinski definition) is 2. The highest BCUT2D eigenvalue weighted by molar-refractivity contribution is 5.80. The predicted molar refractivity (Wildman–Crippen MR) is 92.7 cm³/mol. The lowest BCUT2D eigenvalue weighted by atomic mass is 10.1. The van der Waals surface area contributed by atoms with Crippen LogP contribution < -0.4 is 15.4 Å². The fourth-order valence-corrected chi connectivity index (χ4v) is 2.57. The second-order valence-electron chi connectivity index (χ2n) is 5.60. The molecule has 0 atom stereocenters. The molecule has 120 valence electrons. The zero-order valence-electron chi connectivity index (χ0n) is 13.9. The Labute approximate surface area is 133 Å². The zero-order chi connectivity index (χ0) is 15.8. The topological polar surface area (TPSA) is 45.7 Å². The first kappa shape index (κ1) is 16.4. The van der Waals surface area contributed by atoms with Crippen LogP contribution in [0.2, 0.25) is 0 Å². The van der Waals surface area contributed by atoms with Crippen molar-refractivity contribution in [2.45, 2.75) is 39.2 Å². The first-order chi connectivity index (χ1) is 10.7. The van der Waals surface area contributed by atoms with Gasteiger partial charge in [0.2, 0.25) is 0 Å². The van der Waals surface area contributed by atoms with Crippen LogP contribution in [0.1, 0.15) is 30.9 Å². The number of hydrogen-bond acceptors (Lipinski definition) is 2. The van der Waals surface area contributed by atoms with E-state index in [-0.39, 0.29) is 0 Å². The second-order valence-corrected chi connectivity index (χ2v) is 5.60. The summed E-state index contributed by atoms with van der Waals surface area (Å²) in [7, 11) is 1.72. The highest BCUT2D eigenvalue weighted by Gasteiger charge is 2.11. The molecule has 0 bridgehead atoms. The molecule has 0 heterocycles. The van der Waals surface area contributed by atoms with Gasteiger partial charge in [-0.15, -0.1) is 0 Å². The van der Waals surface area contributed by atoms with Gasteiger partial charge in [-0.25, -0.2) is 0 Å². The third-order valence-electron chi connectivity index (χ3n) is 3.84. The summed E-state index contributed by atoms with van der Waals surface area (Å²) in [6.45, 7) is 5.80. The van der Waals surface area contributed by atoms with Gasteiger partial charge in [0.25, 0.3) is 0 Å². The molecule has 0 amide bonds. The van der Waals surface area contributed by atoms with Gasteiger partial charge in [0.15, 0.2) is 5.96 Å². The average molecular weight is 301 g/mol. The van der Waals surface area contributed by atoms with Crippen molar-refractivity contribution in [1.29, 1.82) is 0 Å². The fourth-order valence-electron chi connectivity index (χ4n) is 2.57. The van der Waals surface area contributed by atoms with Crippen LogP contribution in [0, 0.1) is 6.92 Å². The lowest BCUT2D eigenvalue weighted by Gasteiger charge is -2.16. The summed E-state index contributed by atoms with van der Waals surface area (Å²) in [5.41, 5.74) is 2.42. The van der Waals surface area contributed by atoms with E-state index >= 15 is 0 Å². The van der Waals surface area contributed by atoms with Crippen molar-refractivity contribution >= 4 is 5.96 Å². The molecule has 0 aromatic heterocycles. The molecule has 4 heteroatoms. The van der Waals surface area contributed by atoms with Crippen LogP contribution in [0.4, 0.5) is 0 Å². The number of aliphatic imine (C=N–C) groups is 1. The molecule has 1 aromatic carbocycles. The molecule has 0 aliphatic heterocycles. The van der Waals surface area contributed by atoms with E-state index in [0.29, 0.717) is 6.04 Å². The Morgan fingerprint density at radius 1 is 1.32 bits per heavy atom. The smallest absolute Gasteiger partial charge is 0.191 e. The summed E-state index contributed by atoms with van der Waals surface area (Å²) >= 11 is 0. The lowest BCUT2D eigenvalue weighted by Crippen LogP contribution is -2.42. The maximum atomic E-state index is 5.37. The van der Waals surface area contributed by atoms with E-state index in [2.05, 4.69) is 59.8 Å². The largest absolute Gasteiger partial charge is 0.496 e. The summed E-state index contributed by atoms with van der Waals surface area (Å²) in [5.74, 6) is 1.86. The van der Waals surface area contributed by atoms with Crippen LogP contribution in [0.5, 0.6) is 5.75 Å². The summed E-state index contributed by atoms with van der Waals surface area (Å²) in [5, 5.41) is 6.80. The van der Waals surface area contributed by atoms with E-state index in [0.717, 1.165) is 44.1 Å². The average Bonchev–Trinajstić information content (AvgIpc) is 3.02. The Morgan fingerprint density at radius 3 is 2.77 bits per heavy atom. The molecule has 0 spiro atoms. The minimum absolute atomic E-state index is 0.484. The van der Waals surface area contributed by atoms with Crippen LogP contribution in [0.3, 0.4) is 0 Å². The van der Waals surface area contributed by atoms with Crippen LogP contribution in [-0.2, 0) is 6.42 Å². The molecule has 2 N–H and O–H groups in total. The van der Waals surface area contributed by atoms with Gasteiger partial charge < -0.3 is 15.4 Å². The van der Waals surface area contributed by atoms with E-state index in [4.69, 9.17) is 4.74 Å². The molecular weight excluding hydrogens is 274 g/mol. The number of nitrogens with zero attached hydrogens (tertiary/aromatic N) is 1. The SMILES string of the molecule is CCNC(=NCCc1ccc(C)c(OC)c1)NC1CC=CC1. The highest BCUT2D eigenvalue weighted by atomic mass is 16.5. The van der Waals surface area contributed by atoms with Gasteiger partial charge in [0.1, 0.15) is 5.75 Å². The van der Waals surface area contributed by atoms with Crippen molar-refractivity contribution in [3.05, 3.63) is 41.5 Å². The number of guanidine groups is 1. The Hall–Kier alpha value is -1.97. The second kappa shape index (κ2) is 8.47. The van der Waals surface area contributed by atoms with E-state index in [1.165, 1.54) is 11.1 Å². The van der Waals surface area contributed by atoms with Crippen molar-refractivity contribution < 1.29 is 4.74 Å².